The van der Waals surface area contributed by atoms with E-state index in [0.29, 0.717) is 30.8 Å². The van der Waals surface area contributed by atoms with Crippen molar-refractivity contribution in [3.63, 3.8) is 0 Å². The summed E-state index contributed by atoms with van der Waals surface area (Å²) in [6.07, 6.45) is 0. The molecule has 6 nitrogen and oxygen atoms in total. The topological polar surface area (TPSA) is 69.7 Å². The molecule has 7 heteroatoms. The number of aryl methyl sites for hydroxylation is 1. The van der Waals surface area contributed by atoms with E-state index in [9.17, 15) is 13.2 Å². The lowest BCUT2D eigenvalue weighted by Gasteiger charge is -2.20. The van der Waals surface area contributed by atoms with Crippen LogP contribution in [0.5, 0.6) is 0 Å². The summed E-state index contributed by atoms with van der Waals surface area (Å²) in [6, 6.07) is 12.7. The lowest BCUT2D eigenvalue weighted by molar-refractivity contribution is 0.0950. The molecule has 0 saturated carbocycles. The number of rotatable bonds is 8. The van der Waals surface area contributed by atoms with E-state index >= 15 is 0 Å². The highest BCUT2D eigenvalue weighted by molar-refractivity contribution is 7.89. The van der Waals surface area contributed by atoms with Gasteiger partial charge in [-0.05, 0) is 42.3 Å². The number of benzene rings is 2. The quantitative estimate of drug-likeness (QED) is 0.736. The van der Waals surface area contributed by atoms with Gasteiger partial charge in [0.05, 0.1) is 4.90 Å². The summed E-state index contributed by atoms with van der Waals surface area (Å²) in [5.74, 6) is -0.298. The van der Waals surface area contributed by atoms with Gasteiger partial charge in [-0.25, -0.2) is 8.42 Å². The molecule has 0 aromatic heterocycles. The molecule has 28 heavy (non-hydrogen) atoms. The van der Waals surface area contributed by atoms with Crippen molar-refractivity contribution < 1.29 is 13.2 Å². The van der Waals surface area contributed by atoms with Crippen LogP contribution >= 0.6 is 0 Å². The molecule has 1 N–H and O–H groups in total. The normalized spacial score (nSPS) is 11.5. The van der Waals surface area contributed by atoms with E-state index in [-0.39, 0.29) is 10.8 Å². The molecular formula is C21H29N3O3S. The van der Waals surface area contributed by atoms with E-state index in [4.69, 9.17) is 0 Å². The SMILES string of the molecule is CCN(CC)S(=O)(=O)c1cc(C(=O)NCc2ccc(N(C)C)cc2)ccc1C. The Labute approximate surface area is 168 Å². The van der Waals surface area contributed by atoms with Crippen LogP contribution in [0.25, 0.3) is 0 Å². The Kier molecular flexibility index (Phi) is 7.21. The summed E-state index contributed by atoms with van der Waals surface area (Å²) in [7, 11) is 0.321. The summed E-state index contributed by atoms with van der Waals surface area (Å²) >= 11 is 0. The van der Waals surface area contributed by atoms with Crippen LogP contribution in [0, 0.1) is 6.92 Å². The third kappa shape index (κ3) is 4.91. The van der Waals surface area contributed by atoms with Crippen LogP contribution < -0.4 is 10.2 Å². The van der Waals surface area contributed by atoms with Gasteiger partial charge in [0.2, 0.25) is 10.0 Å². The second-order valence-electron chi connectivity index (χ2n) is 6.81. The number of nitrogens with zero attached hydrogens (tertiary/aromatic N) is 2. The summed E-state index contributed by atoms with van der Waals surface area (Å²) in [6.45, 7) is 6.49. The van der Waals surface area contributed by atoms with Crippen molar-refractivity contribution in [2.75, 3.05) is 32.1 Å². The molecule has 2 rings (SSSR count). The van der Waals surface area contributed by atoms with Gasteiger partial charge in [0, 0.05) is 45.0 Å². The lowest BCUT2D eigenvalue weighted by atomic mass is 10.1. The maximum Gasteiger partial charge on any atom is 0.251 e. The van der Waals surface area contributed by atoms with Gasteiger partial charge in [0.25, 0.3) is 5.91 Å². The average molecular weight is 404 g/mol. The number of hydrogen-bond donors (Lipinski definition) is 1. The molecule has 0 heterocycles. The van der Waals surface area contributed by atoms with Crippen molar-refractivity contribution in [3.8, 4) is 0 Å². The van der Waals surface area contributed by atoms with Gasteiger partial charge < -0.3 is 10.2 Å². The molecule has 0 bridgehead atoms. The summed E-state index contributed by atoms with van der Waals surface area (Å²) in [4.78, 5) is 14.8. The molecule has 0 aliphatic carbocycles. The Morgan fingerprint density at radius 2 is 1.61 bits per heavy atom. The van der Waals surface area contributed by atoms with Crippen molar-refractivity contribution in [3.05, 3.63) is 59.2 Å². The number of carbonyl (C=O) groups is 1. The van der Waals surface area contributed by atoms with Gasteiger partial charge in [-0.15, -0.1) is 0 Å². The van der Waals surface area contributed by atoms with Crippen molar-refractivity contribution in [1.29, 1.82) is 0 Å². The fourth-order valence-electron chi connectivity index (χ4n) is 2.92. The van der Waals surface area contributed by atoms with Gasteiger partial charge in [0.15, 0.2) is 0 Å². The van der Waals surface area contributed by atoms with Crippen LogP contribution in [0.3, 0.4) is 0 Å². The molecule has 0 unspecified atom stereocenters. The van der Waals surface area contributed by atoms with Crippen molar-refractivity contribution in [2.45, 2.75) is 32.2 Å². The second-order valence-corrected chi connectivity index (χ2v) is 8.72. The number of carbonyl (C=O) groups excluding carboxylic acids is 1. The summed E-state index contributed by atoms with van der Waals surface area (Å²) in [5, 5.41) is 2.86. The van der Waals surface area contributed by atoms with Gasteiger partial charge in [-0.1, -0.05) is 32.0 Å². The first-order valence-corrected chi connectivity index (χ1v) is 10.8. The molecule has 0 spiro atoms. The first-order valence-electron chi connectivity index (χ1n) is 9.36. The molecular weight excluding hydrogens is 374 g/mol. The minimum Gasteiger partial charge on any atom is -0.378 e. The molecule has 0 atom stereocenters. The van der Waals surface area contributed by atoms with E-state index in [0.717, 1.165) is 11.3 Å². The molecule has 2 aromatic rings. The Bertz CT molecular complexity index is 918. The predicted molar refractivity (Wildman–Crippen MR) is 113 cm³/mol. The van der Waals surface area contributed by atoms with E-state index < -0.39 is 10.0 Å². The van der Waals surface area contributed by atoms with Crippen LogP contribution in [-0.4, -0.2) is 45.8 Å². The molecule has 152 valence electrons. The molecule has 0 saturated heterocycles. The van der Waals surface area contributed by atoms with Crippen LogP contribution in [-0.2, 0) is 16.6 Å². The van der Waals surface area contributed by atoms with Gasteiger partial charge in [-0.3, -0.25) is 4.79 Å². The maximum atomic E-state index is 12.8. The molecule has 2 aromatic carbocycles. The zero-order chi connectivity index (χ0) is 20.9. The minimum absolute atomic E-state index is 0.180. The van der Waals surface area contributed by atoms with Crippen molar-refractivity contribution >= 4 is 21.6 Å². The van der Waals surface area contributed by atoms with Crippen LogP contribution in [0.4, 0.5) is 5.69 Å². The molecule has 0 aliphatic rings. The number of hydrogen-bond acceptors (Lipinski definition) is 4. The first kappa shape index (κ1) is 21.9. The van der Waals surface area contributed by atoms with Gasteiger partial charge >= 0.3 is 0 Å². The zero-order valence-electron chi connectivity index (χ0n) is 17.2. The standard InChI is InChI=1S/C21H29N3O3S/c1-6-24(7-2)28(26,27)20-14-18(11-8-16(20)3)21(25)22-15-17-9-12-19(13-10-17)23(4)5/h8-14H,6-7,15H2,1-5H3,(H,22,25). The number of amides is 1. The predicted octanol–water partition coefficient (Wildman–Crippen LogP) is 3.02. The molecule has 1 amide bonds. The molecule has 0 radical (unpaired) electrons. The van der Waals surface area contributed by atoms with Crippen molar-refractivity contribution in [2.24, 2.45) is 0 Å². The number of nitrogens with one attached hydrogen (secondary N) is 1. The fraction of sp³-hybridized carbons (Fsp3) is 0.381. The summed E-state index contributed by atoms with van der Waals surface area (Å²) < 4.78 is 27.1. The van der Waals surface area contributed by atoms with Gasteiger partial charge in [-0.2, -0.15) is 4.31 Å². The Morgan fingerprint density at radius 3 is 2.14 bits per heavy atom. The Hall–Kier alpha value is -2.38. The third-order valence-corrected chi connectivity index (χ3v) is 6.87. The second kappa shape index (κ2) is 9.21. The van der Waals surface area contributed by atoms with Crippen LogP contribution in [0.2, 0.25) is 0 Å². The average Bonchev–Trinajstić information content (AvgIpc) is 2.67. The molecule has 0 fully saturated rings. The Morgan fingerprint density at radius 1 is 1.00 bits per heavy atom. The van der Waals surface area contributed by atoms with E-state index in [1.54, 1.807) is 32.9 Å². The van der Waals surface area contributed by atoms with Gasteiger partial charge in [0.1, 0.15) is 0 Å². The summed E-state index contributed by atoms with van der Waals surface area (Å²) in [5.41, 5.74) is 3.02. The maximum absolute atomic E-state index is 12.8. The first-order chi connectivity index (χ1) is 13.2. The van der Waals surface area contributed by atoms with Crippen LogP contribution in [0.15, 0.2) is 47.4 Å². The Balaban J connectivity index is 2.18. The van der Waals surface area contributed by atoms with E-state index in [1.165, 1.54) is 10.4 Å². The highest BCUT2D eigenvalue weighted by Gasteiger charge is 2.24. The van der Waals surface area contributed by atoms with Crippen LogP contribution in [0.1, 0.15) is 35.3 Å². The third-order valence-electron chi connectivity index (χ3n) is 4.68. The zero-order valence-corrected chi connectivity index (χ0v) is 18.0. The number of anilines is 1. The van der Waals surface area contributed by atoms with E-state index in [1.807, 2.05) is 43.3 Å². The molecule has 0 aliphatic heterocycles. The smallest absolute Gasteiger partial charge is 0.251 e. The van der Waals surface area contributed by atoms with E-state index in [2.05, 4.69) is 5.32 Å². The lowest BCUT2D eigenvalue weighted by Crippen LogP contribution is -2.31. The highest BCUT2D eigenvalue weighted by Crippen LogP contribution is 2.21. The van der Waals surface area contributed by atoms with Crippen molar-refractivity contribution in [1.82, 2.24) is 9.62 Å². The fourth-order valence-corrected chi connectivity index (χ4v) is 4.63. The largest absolute Gasteiger partial charge is 0.378 e. The monoisotopic (exact) mass is 403 g/mol. The highest BCUT2D eigenvalue weighted by atomic mass is 32.2. The minimum atomic E-state index is -3.62. The number of sulfonamides is 1.